The van der Waals surface area contributed by atoms with Gasteiger partial charge in [-0.05, 0) is 36.6 Å². The second kappa shape index (κ2) is 8.58. The van der Waals surface area contributed by atoms with Crippen LogP contribution in [0.4, 0.5) is 5.69 Å². The minimum absolute atomic E-state index is 0.0350. The number of nitrogens with two attached hydrogens (primary N) is 2. The molecule has 0 radical (unpaired) electrons. The third-order valence-electron chi connectivity index (χ3n) is 4.52. The number of hydrogen-bond acceptors (Lipinski definition) is 6. The van der Waals surface area contributed by atoms with E-state index in [9.17, 15) is 10.1 Å². The van der Waals surface area contributed by atoms with Gasteiger partial charge in [-0.25, -0.2) is 9.98 Å². The molecule has 29 heavy (non-hydrogen) atoms. The SMILES string of the molecule is C[C@H](N=C1NC(N)=NC(N)(CCc2ccc(Br)cc2)N1)c1ccc([N+](=O)[O-])cc1. The lowest BCUT2D eigenvalue weighted by Crippen LogP contribution is -2.64. The lowest BCUT2D eigenvalue weighted by atomic mass is 10.1. The smallest absolute Gasteiger partial charge is 0.269 e. The van der Waals surface area contributed by atoms with Gasteiger partial charge in [0.05, 0.1) is 11.0 Å². The quantitative estimate of drug-likeness (QED) is 0.385. The number of benzene rings is 2. The first-order valence-electron chi connectivity index (χ1n) is 9.00. The fourth-order valence-electron chi connectivity index (χ4n) is 2.94. The molecule has 0 aromatic heterocycles. The van der Waals surface area contributed by atoms with Crippen LogP contribution in [0.3, 0.4) is 0 Å². The third-order valence-corrected chi connectivity index (χ3v) is 5.05. The summed E-state index contributed by atoms with van der Waals surface area (Å²) in [5, 5.41) is 16.8. The number of non-ortho nitro benzene ring substituents is 1. The molecule has 0 fully saturated rings. The average Bonchev–Trinajstić information content (AvgIpc) is 2.67. The Morgan fingerprint density at radius 2 is 1.90 bits per heavy atom. The molecule has 0 spiro atoms. The molecule has 2 aromatic rings. The van der Waals surface area contributed by atoms with E-state index in [0.717, 1.165) is 15.6 Å². The first kappa shape index (κ1) is 20.7. The highest BCUT2D eigenvalue weighted by molar-refractivity contribution is 9.10. The van der Waals surface area contributed by atoms with Gasteiger partial charge in [0.2, 0.25) is 5.96 Å². The average molecular weight is 460 g/mol. The Balaban J connectivity index is 1.70. The normalized spacial score (nSPS) is 21.1. The lowest BCUT2D eigenvalue weighted by Gasteiger charge is -2.33. The maximum atomic E-state index is 10.8. The number of halogens is 1. The first-order valence-corrected chi connectivity index (χ1v) is 9.79. The summed E-state index contributed by atoms with van der Waals surface area (Å²) in [5.74, 6) is -0.505. The summed E-state index contributed by atoms with van der Waals surface area (Å²) in [6, 6.07) is 14.0. The van der Waals surface area contributed by atoms with E-state index in [0.29, 0.717) is 18.8 Å². The van der Waals surface area contributed by atoms with Crippen LogP contribution in [0.25, 0.3) is 0 Å². The Labute approximate surface area is 176 Å². The van der Waals surface area contributed by atoms with E-state index in [1.807, 2.05) is 31.2 Å². The standard InChI is InChI=1S/C19H22BrN7O2/c1-12(14-4-8-16(9-5-14)27(28)29)23-18-24-17(21)25-19(22,26-18)11-10-13-2-6-15(20)7-3-13/h2-9,12H,10-11,22H2,1H3,(H4,21,23,24,25,26)/t12-,19?/m0/s1. The van der Waals surface area contributed by atoms with E-state index in [1.54, 1.807) is 12.1 Å². The Kier molecular flexibility index (Phi) is 6.14. The van der Waals surface area contributed by atoms with Gasteiger partial charge in [-0.15, -0.1) is 0 Å². The van der Waals surface area contributed by atoms with Gasteiger partial charge in [0.25, 0.3) is 5.69 Å². The van der Waals surface area contributed by atoms with Crippen molar-refractivity contribution in [2.75, 3.05) is 0 Å². The number of aryl methyl sites for hydroxylation is 1. The van der Waals surface area contributed by atoms with Crippen molar-refractivity contribution < 1.29 is 4.92 Å². The van der Waals surface area contributed by atoms with Gasteiger partial charge in [0.15, 0.2) is 11.7 Å². The maximum absolute atomic E-state index is 10.8. The molecule has 2 atom stereocenters. The second-order valence-corrected chi connectivity index (χ2v) is 7.72. The monoisotopic (exact) mass is 459 g/mol. The zero-order valence-electron chi connectivity index (χ0n) is 15.8. The third kappa shape index (κ3) is 5.52. The maximum Gasteiger partial charge on any atom is 0.269 e. The number of aliphatic imine (C=N–C) groups is 2. The fourth-order valence-corrected chi connectivity index (χ4v) is 3.20. The van der Waals surface area contributed by atoms with Crippen molar-refractivity contribution >= 4 is 33.5 Å². The summed E-state index contributed by atoms with van der Waals surface area (Å²) in [4.78, 5) is 19.2. The Bertz CT molecular complexity index is 944. The molecular weight excluding hydrogens is 438 g/mol. The molecule has 0 saturated heterocycles. The van der Waals surface area contributed by atoms with Crippen LogP contribution in [0, 0.1) is 10.1 Å². The van der Waals surface area contributed by atoms with Crippen LogP contribution in [-0.4, -0.2) is 22.6 Å². The number of hydrogen-bond donors (Lipinski definition) is 4. The number of nitrogens with one attached hydrogen (secondary N) is 2. The highest BCUT2D eigenvalue weighted by atomic mass is 79.9. The lowest BCUT2D eigenvalue weighted by molar-refractivity contribution is -0.384. The van der Waals surface area contributed by atoms with E-state index in [2.05, 4.69) is 36.5 Å². The highest BCUT2D eigenvalue weighted by Gasteiger charge is 2.30. The van der Waals surface area contributed by atoms with Crippen LogP contribution in [0.5, 0.6) is 0 Å². The van der Waals surface area contributed by atoms with Crippen molar-refractivity contribution in [1.29, 1.82) is 0 Å². The van der Waals surface area contributed by atoms with E-state index < -0.39 is 10.7 Å². The number of nitro groups is 1. The van der Waals surface area contributed by atoms with Gasteiger partial charge >= 0.3 is 0 Å². The fraction of sp³-hybridized carbons (Fsp3) is 0.263. The molecule has 6 N–H and O–H groups in total. The molecule has 0 saturated carbocycles. The number of rotatable bonds is 6. The van der Waals surface area contributed by atoms with E-state index in [1.165, 1.54) is 12.1 Å². The van der Waals surface area contributed by atoms with Crippen molar-refractivity contribution in [3.05, 3.63) is 74.2 Å². The molecule has 1 aliphatic heterocycles. The van der Waals surface area contributed by atoms with Gasteiger partial charge in [-0.2, -0.15) is 0 Å². The summed E-state index contributed by atoms with van der Waals surface area (Å²) >= 11 is 3.42. The molecule has 1 heterocycles. The van der Waals surface area contributed by atoms with Gasteiger partial charge in [0.1, 0.15) is 0 Å². The molecule has 3 rings (SSSR count). The highest BCUT2D eigenvalue weighted by Crippen LogP contribution is 2.21. The molecule has 1 unspecified atom stereocenters. The van der Waals surface area contributed by atoms with E-state index in [-0.39, 0.29) is 17.7 Å². The minimum Gasteiger partial charge on any atom is -0.370 e. The number of guanidine groups is 2. The molecule has 2 aromatic carbocycles. The van der Waals surface area contributed by atoms with Gasteiger partial charge in [-0.1, -0.05) is 40.2 Å². The largest absolute Gasteiger partial charge is 0.370 e. The molecule has 0 aliphatic carbocycles. The van der Waals surface area contributed by atoms with Crippen LogP contribution in [0.15, 0.2) is 63.0 Å². The van der Waals surface area contributed by atoms with Crippen molar-refractivity contribution in [2.45, 2.75) is 31.6 Å². The zero-order chi connectivity index (χ0) is 21.0. The minimum atomic E-state index is -1.09. The summed E-state index contributed by atoms with van der Waals surface area (Å²) in [5.41, 5.74) is 14.3. The van der Waals surface area contributed by atoms with Gasteiger partial charge < -0.3 is 11.1 Å². The van der Waals surface area contributed by atoms with Crippen LogP contribution < -0.4 is 22.1 Å². The number of nitro benzene ring substituents is 1. The van der Waals surface area contributed by atoms with Crippen LogP contribution in [0.2, 0.25) is 0 Å². The predicted molar refractivity (Wildman–Crippen MR) is 116 cm³/mol. The molecule has 10 heteroatoms. The summed E-state index contributed by atoms with van der Waals surface area (Å²) in [6.07, 6.45) is 1.22. The molecule has 1 aliphatic rings. The van der Waals surface area contributed by atoms with Crippen LogP contribution in [-0.2, 0) is 6.42 Å². The van der Waals surface area contributed by atoms with E-state index >= 15 is 0 Å². The molecule has 152 valence electrons. The molecule has 9 nitrogen and oxygen atoms in total. The summed E-state index contributed by atoms with van der Waals surface area (Å²) < 4.78 is 1.01. The molecule has 0 amide bonds. The zero-order valence-corrected chi connectivity index (χ0v) is 17.4. The van der Waals surface area contributed by atoms with Gasteiger partial charge in [-0.3, -0.25) is 21.2 Å². The van der Waals surface area contributed by atoms with Crippen LogP contribution >= 0.6 is 15.9 Å². The van der Waals surface area contributed by atoms with Gasteiger partial charge in [0, 0.05) is 23.0 Å². The Morgan fingerprint density at radius 1 is 1.24 bits per heavy atom. The Morgan fingerprint density at radius 3 is 2.52 bits per heavy atom. The van der Waals surface area contributed by atoms with Crippen molar-refractivity contribution in [3.63, 3.8) is 0 Å². The topological polar surface area (TPSA) is 144 Å². The Hall–Kier alpha value is -2.98. The predicted octanol–water partition coefficient (Wildman–Crippen LogP) is 2.53. The van der Waals surface area contributed by atoms with Crippen molar-refractivity contribution in [3.8, 4) is 0 Å². The molecule has 0 bridgehead atoms. The van der Waals surface area contributed by atoms with Crippen molar-refractivity contribution in [2.24, 2.45) is 21.5 Å². The summed E-state index contributed by atoms with van der Waals surface area (Å²) in [7, 11) is 0. The van der Waals surface area contributed by atoms with E-state index in [4.69, 9.17) is 11.5 Å². The van der Waals surface area contributed by atoms with Crippen LogP contribution in [0.1, 0.15) is 30.5 Å². The second-order valence-electron chi connectivity index (χ2n) is 6.80. The first-order chi connectivity index (χ1) is 13.7. The molecular formula is C19H22BrN7O2. The summed E-state index contributed by atoms with van der Waals surface area (Å²) in [6.45, 7) is 1.87. The number of nitrogens with zero attached hydrogens (tertiary/aromatic N) is 3. The van der Waals surface area contributed by atoms with Crippen molar-refractivity contribution in [1.82, 2.24) is 10.6 Å².